The van der Waals surface area contributed by atoms with Crippen molar-refractivity contribution < 1.29 is 9.90 Å². The molecule has 0 aromatic carbocycles. The van der Waals surface area contributed by atoms with Gasteiger partial charge in [-0.1, -0.05) is 18.6 Å². The summed E-state index contributed by atoms with van der Waals surface area (Å²) < 4.78 is 0. The third-order valence-corrected chi connectivity index (χ3v) is 4.58. The van der Waals surface area contributed by atoms with Gasteiger partial charge < -0.3 is 15.7 Å². The van der Waals surface area contributed by atoms with Crippen molar-refractivity contribution >= 4 is 23.1 Å². The van der Waals surface area contributed by atoms with E-state index in [1.807, 2.05) is 4.90 Å². The molecule has 4 nitrogen and oxygen atoms in total. The first-order chi connectivity index (χ1) is 8.12. The van der Waals surface area contributed by atoms with E-state index >= 15 is 0 Å². The second-order valence-corrected chi connectivity index (χ2v) is 5.57. The summed E-state index contributed by atoms with van der Waals surface area (Å²) in [6, 6.07) is -0.0388. The van der Waals surface area contributed by atoms with Crippen molar-refractivity contribution in [3.8, 4) is 0 Å². The number of hydrogen-bond donors (Lipinski definition) is 2. The molecule has 17 heavy (non-hydrogen) atoms. The van der Waals surface area contributed by atoms with Crippen LogP contribution in [0, 0.1) is 5.41 Å². The Morgan fingerprint density at radius 2 is 2.12 bits per heavy atom. The Kier molecular flexibility index (Phi) is 3.68. The van der Waals surface area contributed by atoms with Crippen molar-refractivity contribution in [3.63, 3.8) is 0 Å². The molecular formula is C12H20N2O2S. The lowest BCUT2D eigenvalue weighted by Crippen LogP contribution is -2.58. The summed E-state index contributed by atoms with van der Waals surface area (Å²) in [5, 5.41) is 9.35. The Morgan fingerprint density at radius 3 is 2.59 bits per heavy atom. The number of rotatable bonds is 3. The van der Waals surface area contributed by atoms with Gasteiger partial charge >= 0.3 is 0 Å². The first-order valence-electron chi connectivity index (χ1n) is 6.33. The zero-order chi connectivity index (χ0) is 12.5. The van der Waals surface area contributed by atoms with Crippen LogP contribution in [0.5, 0.6) is 0 Å². The summed E-state index contributed by atoms with van der Waals surface area (Å²) in [5.41, 5.74) is 5.15. The number of piperidine rings is 1. The van der Waals surface area contributed by atoms with Gasteiger partial charge in [0, 0.05) is 6.54 Å². The molecule has 1 saturated heterocycles. The predicted molar refractivity (Wildman–Crippen MR) is 69.5 cm³/mol. The van der Waals surface area contributed by atoms with Crippen LogP contribution in [0.25, 0.3) is 0 Å². The fraction of sp³-hybridized carbons (Fsp3) is 0.833. The highest BCUT2D eigenvalue weighted by Crippen LogP contribution is 2.43. The van der Waals surface area contributed by atoms with Crippen LogP contribution < -0.4 is 5.73 Å². The number of carbonyl (C=O) groups excluding carboxylic acids is 1. The van der Waals surface area contributed by atoms with E-state index in [1.54, 1.807) is 0 Å². The van der Waals surface area contributed by atoms with Crippen LogP contribution in [0.1, 0.15) is 38.5 Å². The van der Waals surface area contributed by atoms with Crippen LogP contribution in [-0.4, -0.2) is 40.1 Å². The molecule has 1 unspecified atom stereocenters. The molecule has 2 fully saturated rings. The number of hydrogen-bond acceptors (Lipinski definition) is 3. The highest BCUT2D eigenvalue weighted by Gasteiger charge is 2.50. The number of carbonyl (C=O) groups is 1. The summed E-state index contributed by atoms with van der Waals surface area (Å²) in [4.78, 5) is 14.7. The third kappa shape index (κ3) is 2.06. The minimum Gasteiger partial charge on any atom is -0.394 e. The van der Waals surface area contributed by atoms with Gasteiger partial charge in [-0.15, -0.1) is 0 Å². The second-order valence-electron chi connectivity index (χ2n) is 5.13. The molecular weight excluding hydrogens is 236 g/mol. The normalized spacial score (nSPS) is 27.4. The number of amides is 1. The molecule has 96 valence electrons. The van der Waals surface area contributed by atoms with Crippen molar-refractivity contribution in [1.82, 2.24) is 4.90 Å². The summed E-state index contributed by atoms with van der Waals surface area (Å²) >= 11 is 5.07. The monoisotopic (exact) mass is 256 g/mol. The number of thiocarbonyl (C=S) groups is 1. The summed E-state index contributed by atoms with van der Waals surface area (Å²) in [6.45, 7) is 0.771. The predicted octanol–water partition coefficient (Wildman–Crippen LogP) is 0.816. The fourth-order valence-electron chi connectivity index (χ4n) is 2.83. The number of aliphatic hydroxyl groups is 1. The molecule has 3 N–H and O–H groups in total. The van der Waals surface area contributed by atoms with Crippen LogP contribution in [0.3, 0.4) is 0 Å². The molecule has 0 aromatic rings. The Labute approximate surface area is 107 Å². The third-order valence-electron chi connectivity index (χ3n) is 4.19. The largest absolute Gasteiger partial charge is 0.394 e. The van der Waals surface area contributed by atoms with E-state index < -0.39 is 5.41 Å². The van der Waals surface area contributed by atoms with Gasteiger partial charge in [0.25, 0.3) is 0 Å². The molecule has 0 spiro atoms. The summed E-state index contributed by atoms with van der Waals surface area (Å²) in [5.74, 6) is 0.0509. The molecule has 1 saturated carbocycles. The molecule has 0 aromatic heterocycles. The fourth-order valence-corrected chi connectivity index (χ4v) is 3.12. The van der Waals surface area contributed by atoms with E-state index in [4.69, 9.17) is 18.0 Å². The first kappa shape index (κ1) is 12.8. The lowest BCUT2D eigenvalue weighted by Gasteiger charge is -2.46. The minimum absolute atomic E-state index is 0.0388. The average molecular weight is 256 g/mol. The van der Waals surface area contributed by atoms with Crippen LogP contribution in [0.15, 0.2) is 0 Å². The van der Waals surface area contributed by atoms with Crippen molar-refractivity contribution in [3.05, 3.63) is 0 Å². The topological polar surface area (TPSA) is 66.6 Å². The van der Waals surface area contributed by atoms with E-state index in [0.717, 1.165) is 45.1 Å². The van der Waals surface area contributed by atoms with Crippen LogP contribution in [0.2, 0.25) is 0 Å². The van der Waals surface area contributed by atoms with Crippen molar-refractivity contribution in [2.24, 2.45) is 11.1 Å². The molecule has 0 radical (unpaired) electrons. The molecule has 1 aliphatic carbocycles. The quantitative estimate of drug-likeness (QED) is 0.734. The second kappa shape index (κ2) is 4.90. The van der Waals surface area contributed by atoms with Crippen molar-refractivity contribution in [2.45, 2.75) is 44.6 Å². The summed E-state index contributed by atoms with van der Waals surface area (Å²) in [7, 11) is 0. The zero-order valence-electron chi connectivity index (χ0n) is 10.0. The van der Waals surface area contributed by atoms with Gasteiger partial charge in [-0.2, -0.15) is 0 Å². The Balaban J connectivity index is 2.15. The summed E-state index contributed by atoms with van der Waals surface area (Å²) in [6.07, 6.45) is 5.53. The van der Waals surface area contributed by atoms with Gasteiger partial charge in [0.2, 0.25) is 5.91 Å². The lowest BCUT2D eigenvalue weighted by atomic mass is 9.67. The number of aliphatic hydroxyl groups excluding tert-OH is 1. The van der Waals surface area contributed by atoms with E-state index in [0.29, 0.717) is 4.99 Å². The van der Waals surface area contributed by atoms with E-state index in [-0.39, 0.29) is 18.6 Å². The molecule has 1 heterocycles. The van der Waals surface area contributed by atoms with E-state index in [1.165, 1.54) is 0 Å². The number of likely N-dealkylation sites (tertiary alicyclic amines) is 1. The van der Waals surface area contributed by atoms with Gasteiger partial charge in [-0.3, -0.25) is 4.79 Å². The Bertz CT molecular complexity index is 328. The maximum atomic E-state index is 12.6. The van der Waals surface area contributed by atoms with Gasteiger partial charge in [0.05, 0.1) is 23.1 Å². The van der Waals surface area contributed by atoms with Gasteiger partial charge in [0.15, 0.2) is 0 Å². The molecule has 1 aliphatic heterocycles. The highest BCUT2D eigenvalue weighted by molar-refractivity contribution is 7.80. The molecule has 2 rings (SSSR count). The van der Waals surface area contributed by atoms with E-state index in [9.17, 15) is 9.90 Å². The zero-order valence-corrected chi connectivity index (χ0v) is 10.8. The first-order valence-corrected chi connectivity index (χ1v) is 6.74. The van der Waals surface area contributed by atoms with Crippen LogP contribution >= 0.6 is 12.2 Å². The van der Waals surface area contributed by atoms with Crippen LogP contribution in [0.4, 0.5) is 0 Å². The van der Waals surface area contributed by atoms with E-state index in [2.05, 4.69) is 0 Å². The standard InChI is InChI=1S/C12H20N2O2S/c13-10(17)12(5-3-6-12)11(16)14-7-2-1-4-9(14)8-15/h9,15H,1-8H2,(H2,13,17). The maximum absolute atomic E-state index is 12.6. The lowest BCUT2D eigenvalue weighted by molar-refractivity contribution is -0.146. The van der Waals surface area contributed by atoms with Crippen molar-refractivity contribution in [1.29, 1.82) is 0 Å². The van der Waals surface area contributed by atoms with Gasteiger partial charge in [-0.05, 0) is 32.1 Å². The smallest absolute Gasteiger partial charge is 0.235 e. The number of nitrogens with two attached hydrogens (primary N) is 1. The molecule has 0 bridgehead atoms. The molecule has 2 aliphatic rings. The Hall–Kier alpha value is -0.680. The molecule has 5 heteroatoms. The van der Waals surface area contributed by atoms with Crippen molar-refractivity contribution in [2.75, 3.05) is 13.2 Å². The van der Waals surface area contributed by atoms with Gasteiger partial charge in [-0.25, -0.2) is 0 Å². The highest BCUT2D eigenvalue weighted by atomic mass is 32.1. The Morgan fingerprint density at radius 1 is 1.41 bits per heavy atom. The van der Waals surface area contributed by atoms with Gasteiger partial charge in [0.1, 0.15) is 0 Å². The number of nitrogens with zero attached hydrogens (tertiary/aromatic N) is 1. The molecule has 1 atom stereocenters. The minimum atomic E-state index is -0.597. The SMILES string of the molecule is NC(=S)C1(C(=O)N2CCCCC2CO)CCC1. The average Bonchev–Trinajstić information content (AvgIpc) is 2.26. The maximum Gasteiger partial charge on any atom is 0.235 e. The van der Waals surface area contributed by atoms with Crippen LogP contribution in [-0.2, 0) is 4.79 Å². The molecule has 1 amide bonds.